The van der Waals surface area contributed by atoms with Crippen molar-refractivity contribution >= 4 is 0 Å². The number of methoxy groups -OCH3 is 1. The van der Waals surface area contributed by atoms with Crippen molar-refractivity contribution in [1.82, 2.24) is 0 Å². The molecule has 0 bridgehead atoms. The van der Waals surface area contributed by atoms with E-state index in [1.54, 1.807) is 7.11 Å². The molecule has 0 aliphatic heterocycles. The quantitative estimate of drug-likeness (QED) is 0.261. The van der Waals surface area contributed by atoms with E-state index in [1.807, 2.05) is 6.92 Å². The van der Waals surface area contributed by atoms with Gasteiger partial charge in [-0.3, -0.25) is 0 Å². The standard InChI is InChI=1S/C19H40O3/c1-6-10-12-13-14-15-16-18(8-3)19(20-5,21-9-4)22-17-11-7-2/h18H,6-17H2,1-5H3. The van der Waals surface area contributed by atoms with E-state index in [0.29, 0.717) is 19.1 Å². The van der Waals surface area contributed by atoms with Crippen molar-refractivity contribution < 1.29 is 14.2 Å². The van der Waals surface area contributed by atoms with E-state index in [9.17, 15) is 0 Å². The van der Waals surface area contributed by atoms with Crippen LogP contribution in [0.25, 0.3) is 0 Å². The Bertz CT molecular complexity index is 233. The monoisotopic (exact) mass is 316 g/mol. The van der Waals surface area contributed by atoms with E-state index in [2.05, 4.69) is 20.8 Å². The third-order valence-electron chi connectivity index (χ3n) is 4.33. The van der Waals surface area contributed by atoms with Crippen molar-refractivity contribution in [3.63, 3.8) is 0 Å². The number of hydrogen-bond donors (Lipinski definition) is 0. The molecule has 0 N–H and O–H groups in total. The molecule has 0 radical (unpaired) electrons. The van der Waals surface area contributed by atoms with Gasteiger partial charge in [-0.25, -0.2) is 0 Å². The summed E-state index contributed by atoms with van der Waals surface area (Å²) in [7, 11) is 1.71. The Labute approximate surface area is 139 Å². The Morgan fingerprint density at radius 1 is 0.773 bits per heavy atom. The zero-order chi connectivity index (χ0) is 16.7. The Kier molecular flexibility index (Phi) is 14.4. The molecule has 0 spiro atoms. The highest BCUT2D eigenvalue weighted by molar-refractivity contribution is 4.71. The molecule has 0 aromatic carbocycles. The zero-order valence-electron chi connectivity index (χ0n) is 15.8. The van der Waals surface area contributed by atoms with Gasteiger partial charge in [0.1, 0.15) is 0 Å². The number of ether oxygens (including phenoxy) is 3. The van der Waals surface area contributed by atoms with Crippen LogP contribution in [0.1, 0.15) is 91.9 Å². The Balaban J connectivity index is 4.41. The molecule has 2 unspecified atom stereocenters. The molecule has 134 valence electrons. The highest BCUT2D eigenvalue weighted by Crippen LogP contribution is 2.32. The van der Waals surface area contributed by atoms with Gasteiger partial charge in [0, 0.05) is 19.6 Å². The second kappa shape index (κ2) is 14.5. The van der Waals surface area contributed by atoms with E-state index in [0.717, 1.165) is 25.7 Å². The minimum atomic E-state index is -0.845. The molecule has 0 amide bonds. The van der Waals surface area contributed by atoms with Crippen LogP contribution in [-0.2, 0) is 14.2 Å². The molecule has 0 aromatic heterocycles. The minimum absolute atomic E-state index is 0.306. The van der Waals surface area contributed by atoms with Crippen molar-refractivity contribution in [3.8, 4) is 0 Å². The third-order valence-corrected chi connectivity index (χ3v) is 4.33. The molecule has 3 heteroatoms. The largest absolute Gasteiger partial charge is 0.331 e. The lowest BCUT2D eigenvalue weighted by Gasteiger charge is -2.38. The smallest absolute Gasteiger partial charge is 0.285 e. The van der Waals surface area contributed by atoms with Gasteiger partial charge in [-0.05, 0) is 26.2 Å². The van der Waals surface area contributed by atoms with Gasteiger partial charge in [0.2, 0.25) is 0 Å². The summed E-state index contributed by atoms with van der Waals surface area (Å²) in [6.07, 6.45) is 12.2. The topological polar surface area (TPSA) is 27.7 Å². The number of unbranched alkanes of at least 4 members (excludes halogenated alkanes) is 6. The fourth-order valence-corrected chi connectivity index (χ4v) is 2.92. The lowest BCUT2D eigenvalue weighted by atomic mass is 9.95. The van der Waals surface area contributed by atoms with E-state index in [-0.39, 0.29) is 0 Å². The summed E-state index contributed by atoms with van der Waals surface area (Å²) in [6.45, 7) is 9.97. The van der Waals surface area contributed by atoms with E-state index in [4.69, 9.17) is 14.2 Å². The molecule has 0 aromatic rings. The maximum absolute atomic E-state index is 6.06. The average molecular weight is 317 g/mol. The Morgan fingerprint density at radius 2 is 1.41 bits per heavy atom. The maximum Gasteiger partial charge on any atom is 0.285 e. The van der Waals surface area contributed by atoms with Crippen LogP contribution in [0.3, 0.4) is 0 Å². The molecular formula is C19H40O3. The van der Waals surface area contributed by atoms with Crippen LogP contribution in [0.2, 0.25) is 0 Å². The maximum atomic E-state index is 6.06. The predicted octanol–water partition coefficient (Wildman–Crippen LogP) is 5.92. The van der Waals surface area contributed by atoms with E-state index >= 15 is 0 Å². The van der Waals surface area contributed by atoms with Crippen LogP contribution in [0.5, 0.6) is 0 Å². The first-order valence-electron chi connectivity index (χ1n) is 9.53. The Hall–Kier alpha value is -0.120. The van der Waals surface area contributed by atoms with Crippen LogP contribution < -0.4 is 0 Å². The normalized spacial score (nSPS) is 15.7. The summed E-state index contributed by atoms with van der Waals surface area (Å²) in [5.74, 6) is -0.539. The molecule has 2 atom stereocenters. The molecule has 0 saturated heterocycles. The van der Waals surface area contributed by atoms with Crippen LogP contribution in [0.4, 0.5) is 0 Å². The first-order chi connectivity index (χ1) is 10.7. The molecule has 22 heavy (non-hydrogen) atoms. The van der Waals surface area contributed by atoms with Crippen molar-refractivity contribution in [2.24, 2.45) is 5.92 Å². The summed E-state index contributed by atoms with van der Waals surface area (Å²) >= 11 is 0. The SMILES string of the molecule is CCCCCCCCC(CC)C(OC)(OCC)OCCCC. The van der Waals surface area contributed by atoms with Gasteiger partial charge in [-0.1, -0.05) is 65.7 Å². The van der Waals surface area contributed by atoms with Crippen LogP contribution in [0.15, 0.2) is 0 Å². The molecule has 3 nitrogen and oxygen atoms in total. The lowest BCUT2D eigenvalue weighted by Crippen LogP contribution is -2.46. The predicted molar refractivity (Wildman–Crippen MR) is 94.0 cm³/mol. The van der Waals surface area contributed by atoms with Gasteiger partial charge in [0.05, 0.1) is 6.61 Å². The minimum Gasteiger partial charge on any atom is -0.331 e. The molecule has 0 rings (SSSR count). The first-order valence-corrected chi connectivity index (χ1v) is 9.53. The van der Waals surface area contributed by atoms with E-state index < -0.39 is 5.97 Å². The highest BCUT2D eigenvalue weighted by atomic mass is 16.9. The molecule has 0 saturated carbocycles. The van der Waals surface area contributed by atoms with Crippen LogP contribution in [0, 0.1) is 5.92 Å². The summed E-state index contributed by atoms with van der Waals surface area (Å²) in [5.41, 5.74) is 0. The lowest BCUT2D eigenvalue weighted by molar-refractivity contribution is -0.396. The molecule has 0 heterocycles. The second-order valence-corrected chi connectivity index (χ2v) is 6.10. The van der Waals surface area contributed by atoms with Crippen molar-refractivity contribution in [2.75, 3.05) is 20.3 Å². The van der Waals surface area contributed by atoms with Crippen molar-refractivity contribution in [1.29, 1.82) is 0 Å². The van der Waals surface area contributed by atoms with Crippen molar-refractivity contribution in [2.45, 2.75) is 97.9 Å². The highest BCUT2D eigenvalue weighted by Gasteiger charge is 2.40. The van der Waals surface area contributed by atoms with Gasteiger partial charge in [0.15, 0.2) is 0 Å². The van der Waals surface area contributed by atoms with Gasteiger partial charge >= 0.3 is 0 Å². The summed E-state index contributed by atoms with van der Waals surface area (Å²) < 4.78 is 17.7. The second-order valence-electron chi connectivity index (χ2n) is 6.10. The molecule has 0 aliphatic rings. The molecule has 0 aliphatic carbocycles. The first kappa shape index (κ1) is 21.9. The van der Waals surface area contributed by atoms with Gasteiger partial charge in [0.25, 0.3) is 5.97 Å². The fourth-order valence-electron chi connectivity index (χ4n) is 2.92. The fraction of sp³-hybridized carbons (Fsp3) is 1.00. The van der Waals surface area contributed by atoms with Gasteiger partial charge < -0.3 is 14.2 Å². The zero-order valence-corrected chi connectivity index (χ0v) is 15.8. The third kappa shape index (κ3) is 8.50. The summed E-state index contributed by atoms with van der Waals surface area (Å²) in [6, 6.07) is 0. The average Bonchev–Trinajstić information content (AvgIpc) is 2.54. The number of rotatable bonds is 16. The van der Waals surface area contributed by atoms with Gasteiger partial charge in [-0.15, -0.1) is 0 Å². The Morgan fingerprint density at radius 3 is 1.95 bits per heavy atom. The molecule has 0 fully saturated rings. The van der Waals surface area contributed by atoms with Crippen LogP contribution >= 0.6 is 0 Å². The van der Waals surface area contributed by atoms with Crippen molar-refractivity contribution in [3.05, 3.63) is 0 Å². The summed E-state index contributed by atoms with van der Waals surface area (Å²) in [4.78, 5) is 0. The van der Waals surface area contributed by atoms with E-state index in [1.165, 1.54) is 38.5 Å². The summed E-state index contributed by atoms with van der Waals surface area (Å²) in [5, 5.41) is 0. The number of hydrogen-bond acceptors (Lipinski definition) is 3. The molecular weight excluding hydrogens is 276 g/mol. The van der Waals surface area contributed by atoms with Crippen LogP contribution in [-0.4, -0.2) is 26.3 Å². The van der Waals surface area contributed by atoms with Gasteiger partial charge in [-0.2, -0.15) is 0 Å².